The molecule has 2 saturated heterocycles. The maximum absolute atomic E-state index is 15.4. The van der Waals surface area contributed by atoms with E-state index in [1.807, 2.05) is 43.3 Å². The first-order valence-corrected chi connectivity index (χ1v) is 13.8. The number of nitrogens with zero attached hydrogens (tertiary/aromatic N) is 5. The monoisotopic (exact) mass is 495 g/mol. The highest BCUT2D eigenvalue weighted by Gasteiger charge is 2.49. The summed E-state index contributed by atoms with van der Waals surface area (Å²) in [6.07, 6.45) is 6.02. The molecule has 0 spiro atoms. The Morgan fingerprint density at radius 2 is 1.80 bits per heavy atom. The molecule has 3 heterocycles. The number of hydrogen-bond acceptors (Lipinski definition) is 5. The van der Waals surface area contributed by atoms with Crippen molar-refractivity contribution in [1.29, 1.82) is 0 Å². The molecule has 2 aliphatic heterocycles. The van der Waals surface area contributed by atoms with Crippen LogP contribution in [0.25, 0.3) is 0 Å². The molecule has 3 aliphatic rings. The smallest absolute Gasteiger partial charge is 0.221 e. The van der Waals surface area contributed by atoms with Crippen LogP contribution in [0.15, 0.2) is 61.2 Å². The molecule has 4 unspecified atom stereocenters. The predicted molar refractivity (Wildman–Crippen MR) is 132 cm³/mol. The molecule has 1 aliphatic carbocycles. The Balaban J connectivity index is 1.22. The van der Waals surface area contributed by atoms with Crippen molar-refractivity contribution in [3.05, 3.63) is 78.1 Å². The van der Waals surface area contributed by atoms with Gasteiger partial charge in [0, 0.05) is 36.9 Å². The number of anilines is 1. The van der Waals surface area contributed by atoms with Gasteiger partial charge in [-0.1, -0.05) is 36.4 Å². The third-order valence-corrected chi connectivity index (χ3v) is 10.4. The van der Waals surface area contributed by atoms with Crippen LogP contribution in [0.2, 0.25) is 0 Å². The molecule has 7 nitrogen and oxygen atoms in total. The lowest BCUT2D eigenvalue weighted by Gasteiger charge is -2.38. The summed E-state index contributed by atoms with van der Waals surface area (Å²) in [4.78, 5) is 2.23. The van der Waals surface area contributed by atoms with Crippen LogP contribution in [-0.2, 0) is 16.6 Å². The van der Waals surface area contributed by atoms with Crippen LogP contribution in [-0.4, -0.2) is 46.6 Å². The van der Waals surface area contributed by atoms with Crippen molar-refractivity contribution in [2.45, 2.75) is 50.1 Å². The minimum Gasteiger partial charge on any atom is -0.369 e. The molecule has 1 aromatic heterocycles. The molecular formula is C26H30FN5O2S. The number of halogens is 1. The highest BCUT2D eigenvalue weighted by atomic mass is 32.2. The molecule has 1 saturated carbocycles. The minimum absolute atomic E-state index is 0.0486. The zero-order valence-electron chi connectivity index (χ0n) is 19.7. The van der Waals surface area contributed by atoms with Crippen LogP contribution < -0.4 is 4.90 Å². The maximum Gasteiger partial charge on any atom is 0.221 e. The Hall–Kier alpha value is -2.78. The number of rotatable bonds is 5. The van der Waals surface area contributed by atoms with E-state index >= 15 is 4.39 Å². The molecule has 184 valence electrons. The molecule has 9 heteroatoms. The van der Waals surface area contributed by atoms with E-state index in [4.69, 9.17) is 0 Å². The van der Waals surface area contributed by atoms with Gasteiger partial charge in [-0.2, -0.15) is 4.31 Å². The van der Waals surface area contributed by atoms with Gasteiger partial charge in [-0.3, -0.25) is 0 Å². The van der Waals surface area contributed by atoms with Crippen LogP contribution in [0.4, 0.5) is 10.1 Å². The lowest BCUT2D eigenvalue weighted by atomic mass is 10.0. The Morgan fingerprint density at radius 3 is 2.54 bits per heavy atom. The number of sulfonamides is 1. The first kappa shape index (κ1) is 22.7. The number of hydrogen-bond donors (Lipinski definition) is 0. The summed E-state index contributed by atoms with van der Waals surface area (Å²) in [6.45, 7) is 3.66. The van der Waals surface area contributed by atoms with Crippen molar-refractivity contribution in [3.63, 3.8) is 0 Å². The van der Waals surface area contributed by atoms with E-state index in [1.165, 1.54) is 10.7 Å². The highest BCUT2D eigenvalue weighted by molar-refractivity contribution is 7.89. The van der Waals surface area contributed by atoms with Gasteiger partial charge in [0.25, 0.3) is 0 Å². The second-order valence-electron chi connectivity index (χ2n) is 10.2. The van der Waals surface area contributed by atoms with Crippen LogP contribution in [0.5, 0.6) is 0 Å². The summed E-state index contributed by atoms with van der Waals surface area (Å²) in [5, 5.41) is 7.32. The average molecular weight is 496 g/mol. The summed E-state index contributed by atoms with van der Waals surface area (Å²) in [5.41, 5.74) is 2.05. The fourth-order valence-corrected chi connectivity index (χ4v) is 8.15. The standard InChI is InChI=1S/C26H30FN5O2S/c1-18-7-10-26(19-5-3-2-4-6-19)35(33,34)32(18)14-20-8-9-22(12-24(20)27)30-13-21-11-23(21)25(15-30)31-16-28-29-17-31/h2-6,8-9,12,16-18,21,23,25-26H,7,10-11,13-15H2,1H3/t18-,21?,23?,25?,26?/m0/s1. The SMILES string of the molecule is C[C@H]1CCC(c2ccccc2)S(=O)(=O)N1Cc1ccc(N2CC3CC3C(n3cnnc3)C2)cc1F. The van der Waals surface area contributed by atoms with Gasteiger partial charge in [0.2, 0.25) is 10.0 Å². The van der Waals surface area contributed by atoms with E-state index < -0.39 is 15.3 Å². The molecular weight excluding hydrogens is 465 g/mol. The molecule has 0 bridgehead atoms. The zero-order chi connectivity index (χ0) is 24.2. The summed E-state index contributed by atoms with van der Waals surface area (Å²) in [7, 11) is -3.60. The van der Waals surface area contributed by atoms with Crippen molar-refractivity contribution in [1.82, 2.24) is 19.1 Å². The molecule has 6 rings (SSSR count). The lowest BCUT2D eigenvalue weighted by molar-refractivity contribution is 0.279. The Kier molecular flexibility index (Phi) is 5.64. The van der Waals surface area contributed by atoms with E-state index in [1.54, 1.807) is 24.8 Å². The molecule has 0 radical (unpaired) electrons. The van der Waals surface area contributed by atoms with Gasteiger partial charge < -0.3 is 9.47 Å². The van der Waals surface area contributed by atoms with Crippen molar-refractivity contribution < 1.29 is 12.8 Å². The Labute approximate surface area is 205 Å². The molecule has 3 fully saturated rings. The van der Waals surface area contributed by atoms with Crippen molar-refractivity contribution >= 4 is 15.7 Å². The number of piperidine rings is 1. The number of benzene rings is 2. The fourth-order valence-electron chi connectivity index (χ4n) is 5.96. The third kappa shape index (κ3) is 4.14. The predicted octanol–water partition coefficient (Wildman–Crippen LogP) is 4.17. The van der Waals surface area contributed by atoms with Gasteiger partial charge in [0.05, 0.1) is 6.04 Å². The summed E-state index contributed by atoms with van der Waals surface area (Å²) >= 11 is 0. The zero-order valence-corrected chi connectivity index (χ0v) is 20.6. The van der Waals surface area contributed by atoms with Gasteiger partial charge in [0.1, 0.15) is 23.7 Å². The fraction of sp³-hybridized carbons (Fsp3) is 0.462. The molecule has 5 atom stereocenters. The van der Waals surface area contributed by atoms with Gasteiger partial charge in [-0.15, -0.1) is 10.2 Å². The summed E-state index contributed by atoms with van der Waals surface area (Å²) in [6, 6.07) is 14.7. The topological polar surface area (TPSA) is 71.3 Å². The van der Waals surface area contributed by atoms with Gasteiger partial charge in [-0.25, -0.2) is 12.8 Å². The van der Waals surface area contributed by atoms with E-state index in [2.05, 4.69) is 19.7 Å². The molecule has 35 heavy (non-hydrogen) atoms. The highest BCUT2D eigenvalue weighted by Crippen LogP contribution is 2.51. The quantitative estimate of drug-likeness (QED) is 0.531. The molecule has 0 N–H and O–H groups in total. The summed E-state index contributed by atoms with van der Waals surface area (Å²) in [5.74, 6) is 0.883. The summed E-state index contributed by atoms with van der Waals surface area (Å²) < 4.78 is 46.0. The normalized spacial score (nSPS) is 30.1. The Morgan fingerprint density at radius 1 is 1.03 bits per heavy atom. The molecule has 2 aromatic carbocycles. The van der Waals surface area contributed by atoms with Crippen molar-refractivity contribution in [2.24, 2.45) is 11.8 Å². The minimum atomic E-state index is -3.60. The largest absolute Gasteiger partial charge is 0.369 e. The van der Waals surface area contributed by atoms with Crippen LogP contribution >= 0.6 is 0 Å². The van der Waals surface area contributed by atoms with Crippen molar-refractivity contribution in [3.8, 4) is 0 Å². The molecule has 0 amide bonds. The maximum atomic E-state index is 15.4. The second-order valence-corrected chi connectivity index (χ2v) is 12.3. The van der Waals surface area contributed by atoms with Gasteiger partial charge in [-0.05, 0) is 55.7 Å². The van der Waals surface area contributed by atoms with Crippen LogP contribution in [0.3, 0.4) is 0 Å². The van der Waals surface area contributed by atoms with E-state index in [9.17, 15) is 8.42 Å². The van der Waals surface area contributed by atoms with Gasteiger partial charge in [0.15, 0.2) is 0 Å². The first-order valence-electron chi connectivity index (χ1n) is 12.3. The number of fused-ring (bicyclic) bond motifs is 1. The number of aromatic nitrogens is 3. The third-order valence-electron chi connectivity index (χ3n) is 8.08. The second kappa shape index (κ2) is 8.71. The Bertz CT molecular complexity index is 1300. The van der Waals surface area contributed by atoms with Crippen LogP contribution in [0.1, 0.15) is 48.6 Å². The first-order chi connectivity index (χ1) is 16.9. The molecule has 3 aromatic rings. The lowest BCUT2D eigenvalue weighted by Crippen LogP contribution is -2.44. The van der Waals surface area contributed by atoms with Crippen LogP contribution in [0, 0.1) is 17.7 Å². The van der Waals surface area contributed by atoms with Crippen molar-refractivity contribution in [2.75, 3.05) is 18.0 Å². The van der Waals surface area contributed by atoms with E-state index in [0.717, 1.165) is 30.8 Å². The van der Waals surface area contributed by atoms with E-state index in [0.29, 0.717) is 29.9 Å². The van der Waals surface area contributed by atoms with Gasteiger partial charge >= 0.3 is 0 Å². The average Bonchev–Trinajstić information content (AvgIpc) is 3.44. The van der Waals surface area contributed by atoms with E-state index in [-0.39, 0.29) is 18.4 Å².